The van der Waals surface area contributed by atoms with Crippen LogP contribution in [0.25, 0.3) is 0 Å². The molecule has 0 aromatic heterocycles. The molecule has 0 radical (unpaired) electrons. The van der Waals surface area contributed by atoms with Crippen LogP contribution in [0.15, 0.2) is 36.5 Å². The summed E-state index contributed by atoms with van der Waals surface area (Å²) < 4.78 is 22.9. The molecule has 1 rings (SSSR count). The van der Waals surface area contributed by atoms with E-state index in [4.69, 9.17) is 18.9 Å². The van der Waals surface area contributed by atoms with Gasteiger partial charge in [-0.3, -0.25) is 4.79 Å². The summed E-state index contributed by atoms with van der Waals surface area (Å²) in [4.78, 5) is 12.8. The lowest BCUT2D eigenvalue weighted by Crippen LogP contribution is -2.59. The highest BCUT2D eigenvalue weighted by atomic mass is 16.7. The summed E-state index contributed by atoms with van der Waals surface area (Å²) in [7, 11) is 0. The highest BCUT2D eigenvalue weighted by Crippen LogP contribution is 2.23. The second-order valence-electron chi connectivity index (χ2n) is 17.3. The summed E-state index contributed by atoms with van der Waals surface area (Å²) in [6, 6.07) is 0. The summed E-state index contributed by atoms with van der Waals surface area (Å²) >= 11 is 0. The van der Waals surface area contributed by atoms with Crippen molar-refractivity contribution in [3.63, 3.8) is 0 Å². The highest BCUT2D eigenvalue weighted by molar-refractivity contribution is 5.69. The molecular weight excluding hydrogens is 757 g/mol. The standard InChI is InChI=1S/C51H94O9/c1-3-5-7-9-11-13-15-17-19-21-22-23-25-27-29-31-33-35-37-39-41-57-43-45(44-58-51-50(56)49(55)48(54)46(42-52)60-51)59-47(53)40-38-36-34-32-30-28-26-24-20-18-16-14-12-10-8-6-4-2/h11,13,17,19,22-23,45-46,48-52,54-56H,3-10,12,14-16,18,20-21,24-44H2,1-2H3/b13-11-,19-17-,23-22-. The van der Waals surface area contributed by atoms with Gasteiger partial charge in [0.25, 0.3) is 0 Å². The monoisotopic (exact) mass is 851 g/mol. The van der Waals surface area contributed by atoms with Gasteiger partial charge in [0, 0.05) is 13.0 Å². The largest absolute Gasteiger partial charge is 0.457 e. The van der Waals surface area contributed by atoms with E-state index in [-0.39, 0.29) is 19.2 Å². The van der Waals surface area contributed by atoms with Crippen molar-refractivity contribution in [3.05, 3.63) is 36.5 Å². The number of rotatable bonds is 43. The first-order valence-corrected chi connectivity index (χ1v) is 25.1. The predicted molar refractivity (Wildman–Crippen MR) is 247 cm³/mol. The molecule has 60 heavy (non-hydrogen) atoms. The van der Waals surface area contributed by atoms with Crippen LogP contribution in [-0.2, 0) is 23.7 Å². The van der Waals surface area contributed by atoms with Gasteiger partial charge in [-0.05, 0) is 51.4 Å². The minimum Gasteiger partial charge on any atom is -0.457 e. The number of allylic oxidation sites excluding steroid dienone is 6. The van der Waals surface area contributed by atoms with Crippen molar-refractivity contribution in [2.45, 2.75) is 256 Å². The van der Waals surface area contributed by atoms with E-state index < -0.39 is 43.4 Å². The summed E-state index contributed by atoms with van der Waals surface area (Å²) in [5.74, 6) is -0.314. The summed E-state index contributed by atoms with van der Waals surface area (Å²) in [5, 5.41) is 40.2. The predicted octanol–water partition coefficient (Wildman–Crippen LogP) is 11.9. The maximum atomic E-state index is 12.8. The van der Waals surface area contributed by atoms with Gasteiger partial charge in [-0.2, -0.15) is 0 Å². The van der Waals surface area contributed by atoms with Crippen LogP contribution in [0.3, 0.4) is 0 Å². The maximum absolute atomic E-state index is 12.8. The highest BCUT2D eigenvalue weighted by Gasteiger charge is 2.44. The molecule has 6 unspecified atom stereocenters. The van der Waals surface area contributed by atoms with Crippen LogP contribution >= 0.6 is 0 Å². The molecule has 4 N–H and O–H groups in total. The first kappa shape index (κ1) is 56.4. The Morgan fingerprint density at radius 3 is 1.48 bits per heavy atom. The number of carbonyl (C=O) groups is 1. The van der Waals surface area contributed by atoms with E-state index in [1.165, 1.54) is 141 Å². The van der Waals surface area contributed by atoms with E-state index in [0.717, 1.165) is 57.8 Å². The lowest BCUT2D eigenvalue weighted by Gasteiger charge is -2.39. The molecular formula is C51H94O9. The van der Waals surface area contributed by atoms with Crippen molar-refractivity contribution in [1.82, 2.24) is 0 Å². The Balaban J connectivity index is 2.22. The molecule has 0 aromatic rings. The van der Waals surface area contributed by atoms with Crippen LogP contribution < -0.4 is 0 Å². The van der Waals surface area contributed by atoms with E-state index in [2.05, 4.69) is 50.3 Å². The summed E-state index contributed by atoms with van der Waals surface area (Å²) in [6.07, 6.45) is 44.5. The van der Waals surface area contributed by atoms with Crippen molar-refractivity contribution < 1.29 is 44.2 Å². The molecule has 0 saturated carbocycles. The summed E-state index contributed by atoms with van der Waals surface area (Å²) in [6.45, 7) is 4.54. The third-order valence-corrected chi connectivity index (χ3v) is 11.6. The Labute approximate surface area is 368 Å². The Morgan fingerprint density at radius 1 is 0.533 bits per heavy atom. The van der Waals surface area contributed by atoms with Gasteiger partial charge in [-0.25, -0.2) is 0 Å². The van der Waals surface area contributed by atoms with Gasteiger partial charge >= 0.3 is 5.97 Å². The average Bonchev–Trinajstić information content (AvgIpc) is 3.25. The Hall–Kier alpha value is -1.59. The zero-order chi connectivity index (χ0) is 43.6. The van der Waals surface area contributed by atoms with E-state index in [0.29, 0.717) is 13.0 Å². The minimum atomic E-state index is -1.54. The van der Waals surface area contributed by atoms with Crippen LogP contribution in [0.1, 0.15) is 219 Å². The number of hydrogen-bond donors (Lipinski definition) is 4. The zero-order valence-corrected chi connectivity index (χ0v) is 38.7. The van der Waals surface area contributed by atoms with E-state index in [9.17, 15) is 25.2 Å². The molecule has 1 saturated heterocycles. The number of carbonyl (C=O) groups excluding carboxylic acids is 1. The smallest absolute Gasteiger partial charge is 0.306 e. The number of esters is 1. The zero-order valence-electron chi connectivity index (χ0n) is 38.7. The fraction of sp³-hybridized carbons (Fsp3) is 0.863. The topological polar surface area (TPSA) is 135 Å². The van der Waals surface area contributed by atoms with Gasteiger partial charge in [0.1, 0.15) is 30.5 Å². The Kier molecular flexibility index (Phi) is 40.2. The van der Waals surface area contributed by atoms with Gasteiger partial charge in [0.05, 0.1) is 19.8 Å². The van der Waals surface area contributed by atoms with Gasteiger partial charge < -0.3 is 39.4 Å². The van der Waals surface area contributed by atoms with E-state index in [1.54, 1.807) is 0 Å². The average molecular weight is 851 g/mol. The van der Waals surface area contributed by atoms with Crippen LogP contribution in [0.2, 0.25) is 0 Å². The maximum Gasteiger partial charge on any atom is 0.306 e. The lowest BCUT2D eigenvalue weighted by atomic mass is 9.99. The van der Waals surface area contributed by atoms with E-state index in [1.807, 2.05) is 0 Å². The molecule has 9 nitrogen and oxygen atoms in total. The second-order valence-corrected chi connectivity index (χ2v) is 17.3. The van der Waals surface area contributed by atoms with Gasteiger partial charge in [0.2, 0.25) is 0 Å². The normalized spacial score (nSPS) is 20.3. The first-order chi connectivity index (χ1) is 29.4. The van der Waals surface area contributed by atoms with Gasteiger partial charge in [0.15, 0.2) is 6.29 Å². The molecule has 0 aromatic carbocycles. The molecule has 1 heterocycles. The Morgan fingerprint density at radius 2 is 0.967 bits per heavy atom. The van der Waals surface area contributed by atoms with Crippen molar-refractivity contribution in [2.75, 3.05) is 26.4 Å². The number of hydrogen-bond acceptors (Lipinski definition) is 9. The van der Waals surface area contributed by atoms with Crippen molar-refractivity contribution >= 4 is 5.97 Å². The van der Waals surface area contributed by atoms with Crippen LogP contribution in [0, 0.1) is 0 Å². The van der Waals surface area contributed by atoms with Crippen LogP contribution in [-0.4, -0.2) is 89.6 Å². The number of aliphatic hydroxyl groups excluding tert-OH is 4. The molecule has 0 bridgehead atoms. The number of ether oxygens (including phenoxy) is 4. The second kappa shape index (κ2) is 42.7. The molecule has 9 heteroatoms. The van der Waals surface area contributed by atoms with Crippen LogP contribution in [0.4, 0.5) is 0 Å². The molecule has 1 aliphatic heterocycles. The van der Waals surface area contributed by atoms with Gasteiger partial charge in [-0.1, -0.05) is 198 Å². The molecule has 1 fully saturated rings. The fourth-order valence-electron chi connectivity index (χ4n) is 7.62. The molecule has 0 amide bonds. The van der Waals surface area contributed by atoms with E-state index >= 15 is 0 Å². The van der Waals surface area contributed by atoms with Crippen molar-refractivity contribution in [1.29, 1.82) is 0 Å². The minimum absolute atomic E-state index is 0.115. The third kappa shape index (κ3) is 33.0. The van der Waals surface area contributed by atoms with Crippen molar-refractivity contribution in [2.24, 2.45) is 0 Å². The molecule has 6 atom stereocenters. The summed E-state index contributed by atoms with van der Waals surface area (Å²) in [5.41, 5.74) is 0. The first-order valence-electron chi connectivity index (χ1n) is 25.1. The van der Waals surface area contributed by atoms with Crippen molar-refractivity contribution in [3.8, 4) is 0 Å². The van der Waals surface area contributed by atoms with Crippen LogP contribution in [0.5, 0.6) is 0 Å². The molecule has 352 valence electrons. The quantitative estimate of drug-likeness (QED) is 0.0269. The lowest BCUT2D eigenvalue weighted by molar-refractivity contribution is -0.305. The third-order valence-electron chi connectivity index (χ3n) is 11.6. The molecule has 1 aliphatic rings. The number of unbranched alkanes of at least 4 members (excludes halogenated alkanes) is 26. The molecule has 0 aliphatic carbocycles. The number of aliphatic hydroxyl groups is 4. The Bertz CT molecular complexity index is 1010. The van der Waals surface area contributed by atoms with Gasteiger partial charge in [-0.15, -0.1) is 0 Å². The molecule has 0 spiro atoms. The SMILES string of the molecule is CCCCC/C=C\C/C=C\C/C=C\CCCCCCCCCOCC(COC1OC(CO)C(O)C(O)C1O)OC(=O)CCCCCCCCCCCCCCCCCCC. The fourth-order valence-corrected chi connectivity index (χ4v) is 7.62.